The molecule has 0 atom stereocenters. The molecule has 2 rings (SSSR count). The SMILES string of the molecule is N#Cc1cccc(NCc2cscn2)c1[N+](=O)[O-]. The standard InChI is InChI=1S/C11H8N4O2S/c12-4-8-2-1-3-10(11(8)15(16)17)13-5-9-6-18-7-14-9/h1-3,6-7,13H,5H2. The maximum atomic E-state index is 11.0. The zero-order chi connectivity index (χ0) is 13.0. The van der Waals surface area contributed by atoms with Gasteiger partial charge in [0.15, 0.2) is 0 Å². The Bertz CT molecular complexity index is 604. The van der Waals surface area contributed by atoms with Gasteiger partial charge in [-0.1, -0.05) is 6.07 Å². The Hall–Kier alpha value is -2.46. The van der Waals surface area contributed by atoms with Crippen LogP contribution in [0.5, 0.6) is 0 Å². The van der Waals surface area contributed by atoms with Gasteiger partial charge >= 0.3 is 5.69 Å². The molecule has 0 spiro atoms. The van der Waals surface area contributed by atoms with Gasteiger partial charge in [0.05, 0.1) is 22.7 Å². The summed E-state index contributed by atoms with van der Waals surface area (Å²) in [4.78, 5) is 14.5. The molecule has 18 heavy (non-hydrogen) atoms. The fraction of sp³-hybridized carbons (Fsp3) is 0.0909. The number of nitriles is 1. The lowest BCUT2D eigenvalue weighted by Crippen LogP contribution is -2.04. The lowest BCUT2D eigenvalue weighted by molar-refractivity contribution is -0.384. The van der Waals surface area contributed by atoms with E-state index < -0.39 is 4.92 Å². The third kappa shape index (κ3) is 2.44. The first-order chi connectivity index (χ1) is 8.72. The van der Waals surface area contributed by atoms with Gasteiger partial charge in [-0.25, -0.2) is 4.98 Å². The van der Waals surface area contributed by atoms with Gasteiger partial charge in [0, 0.05) is 5.38 Å². The predicted octanol–water partition coefficient (Wildman–Crippen LogP) is 2.54. The van der Waals surface area contributed by atoms with Crippen LogP contribution in [0.4, 0.5) is 11.4 Å². The minimum Gasteiger partial charge on any atom is -0.374 e. The summed E-state index contributed by atoms with van der Waals surface area (Å²) >= 11 is 1.46. The lowest BCUT2D eigenvalue weighted by atomic mass is 10.1. The minimum absolute atomic E-state index is 0.0447. The topological polar surface area (TPSA) is 91.8 Å². The second-order valence-corrected chi connectivity index (χ2v) is 4.12. The third-order valence-corrected chi connectivity index (χ3v) is 2.92. The molecule has 0 unspecified atom stereocenters. The molecule has 1 heterocycles. The second-order valence-electron chi connectivity index (χ2n) is 3.40. The molecule has 2 aromatic rings. The highest BCUT2D eigenvalue weighted by Crippen LogP contribution is 2.28. The average molecular weight is 260 g/mol. The minimum atomic E-state index is -0.554. The van der Waals surface area contributed by atoms with Gasteiger partial charge in [-0.05, 0) is 12.1 Å². The summed E-state index contributed by atoms with van der Waals surface area (Å²) < 4.78 is 0. The summed E-state index contributed by atoms with van der Waals surface area (Å²) in [6.45, 7) is 0.388. The monoisotopic (exact) mass is 260 g/mol. The Balaban J connectivity index is 2.27. The Kier molecular flexibility index (Phi) is 3.50. The summed E-state index contributed by atoms with van der Waals surface area (Å²) in [5.41, 5.74) is 2.67. The number of nitro benzene ring substituents is 1. The van der Waals surface area contributed by atoms with Crippen molar-refractivity contribution in [3.63, 3.8) is 0 Å². The van der Waals surface area contributed by atoms with Gasteiger partial charge in [-0.3, -0.25) is 10.1 Å². The molecule has 0 saturated heterocycles. The lowest BCUT2D eigenvalue weighted by Gasteiger charge is -2.06. The maximum Gasteiger partial charge on any atom is 0.309 e. The van der Waals surface area contributed by atoms with Crippen LogP contribution in [-0.2, 0) is 6.54 Å². The van der Waals surface area contributed by atoms with Crippen molar-refractivity contribution in [2.45, 2.75) is 6.54 Å². The molecule has 0 saturated carbocycles. The Morgan fingerprint density at radius 2 is 2.39 bits per heavy atom. The first-order valence-corrected chi connectivity index (χ1v) is 5.95. The molecule has 90 valence electrons. The van der Waals surface area contributed by atoms with E-state index in [1.165, 1.54) is 17.4 Å². The third-order valence-electron chi connectivity index (χ3n) is 2.28. The van der Waals surface area contributed by atoms with Gasteiger partial charge in [0.1, 0.15) is 17.3 Å². The van der Waals surface area contributed by atoms with Crippen LogP contribution in [0.1, 0.15) is 11.3 Å². The van der Waals surface area contributed by atoms with Crippen molar-refractivity contribution in [2.24, 2.45) is 0 Å². The van der Waals surface area contributed by atoms with Gasteiger partial charge in [0.25, 0.3) is 0 Å². The van der Waals surface area contributed by atoms with E-state index in [0.29, 0.717) is 12.2 Å². The smallest absolute Gasteiger partial charge is 0.309 e. The van der Waals surface area contributed by atoms with Gasteiger partial charge in [-0.2, -0.15) is 5.26 Å². The first-order valence-electron chi connectivity index (χ1n) is 5.01. The van der Waals surface area contributed by atoms with E-state index in [-0.39, 0.29) is 11.3 Å². The van der Waals surface area contributed by atoms with Crippen LogP contribution in [0, 0.1) is 21.4 Å². The normalized spacial score (nSPS) is 9.72. The first kappa shape index (κ1) is 12.0. The van der Waals surface area contributed by atoms with E-state index in [1.807, 2.05) is 11.4 Å². The molecule has 7 heteroatoms. The molecule has 0 amide bonds. The van der Waals surface area contributed by atoms with E-state index in [2.05, 4.69) is 10.3 Å². The van der Waals surface area contributed by atoms with E-state index in [1.54, 1.807) is 17.6 Å². The number of aromatic nitrogens is 1. The number of thiazole rings is 1. The fourth-order valence-electron chi connectivity index (χ4n) is 1.48. The summed E-state index contributed by atoms with van der Waals surface area (Å²) in [7, 11) is 0. The molecule has 1 aromatic carbocycles. The van der Waals surface area contributed by atoms with Crippen LogP contribution in [0.15, 0.2) is 29.1 Å². The molecule has 0 aliphatic carbocycles. The van der Waals surface area contributed by atoms with Gasteiger partial charge in [-0.15, -0.1) is 11.3 Å². The number of hydrogen-bond donors (Lipinski definition) is 1. The zero-order valence-corrected chi connectivity index (χ0v) is 9.98. The number of para-hydroxylation sites is 1. The van der Waals surface area contributed by atoms with E-state index in [9.17, 15) is 10.1 Å². The number of rotatable bonds is 4. The van der Waals surface area contributed by atoms with Crippen molar-refractivity contribution in [2.75, 3.05) is 5.32 Å². The zero-order valence-electron chi connectivity index (χ0n) is 9.16. The van der Waals surface area contributed by atoms with Gasteiger partial charge in [0.2, 0.25) is 0 Å². The number of nitrogens with one attached hydrogen (secondary N) is 1. The number of hydrogen-bond acceptors (Lipinski definition) is 6. The van der Waals surface area contributed by atoms with Crippen molar-refractivity contribution in [3.8, 4) is 6.07 Å². The highest BCUT2D eigenvalue weighted by Gasteiger charge is 2.19. The van der Waals surface area contributed by atoms with Crippen LogP contribution in [-0.4, -0.2) is 9.91 Å². The number of nitro groups is 1. The molecule has 1 N–H and O–H groups in total. The van der Waals surface area contributed by atoms with Crippen molar-refractivity contribution in [3.05, 3.63) is 50.5 Å². The molecule has 0 fully saturated rings. The molecular formula is C11H8N4O2S. The Labute approximate surface area is 107 Å². The molecule has 0 radical (unpaired) electrons. The second kappa shape index (κ2) is 5.25. The molecule has 1 aromatic heterocycles. The largest absolute Gasteiger partial charge is 0.374 e. The van der Waals surface area contributed by atoms with Crippen molar-refractivity contribution in [1.82, 2.24) is 4.98 Å². The average Bonchev–Trinajstić information content (AvgIpc) is 2.88. The molecular weight excluding hydrogens is 252 g/mol. The van der Waals surface area contributed by atoms with Gasteiger partial charge < -0.3 is 5.32 Å². The quantitative estimate of drug-likeness (QED) is 0.673. The van der Waals surface area contributed by atoms with E-state index >= 15 is 0 Å². The van der Waals surface area contributed by atoms with Crippen LogP contribution in [0.3, 0.4) is 0 Å². The fourth-order valence-corrected chi connectivity index (χ4v) is 2.04. The molecule has 0 aliphatic heterocycles. The summed E-state index contributed by atoms with van der Waals surface area (Å²) in [6.07, 6.45) is 0. The highest BCUT2D eigenvalue weighted by atomic mass is 32.1. The Morgan fingerprint density at radius 3 is 3.00 bits per heavy atom. The predicted molar refractivity (Wildman–Crippen MR) is 67.3 cm³/mol. The maximum absolute atomic E-state index is 11.0. The highest BCUT2D eigenvalue weighted by molar-refractivity contribution is 7.07. The van der Waals surface area contributed by atoms with Crippen molar-refractivity contribution >= 4 is 22.7 Å². The molecule has 0 bridgehead atoms. The molecule has 6 nitrogen and oxygen atoms in total. The summed E-state index contributed by atoms with van der Waals surface area (Å²) in [5, 5.41) is 24.6. The number of anilines is 1. The van der Waals surface area contributed by atoms with Crippen LogP contribution in [0.2, 0.25) is 0 Å². The van der Waals surface area contributed by atoms with Crippen LogP contribution < -0.4 is 5.32 Å². The molecule has 0 aliphatic rings. The van der Waals surface area contributed by atoms with Crippen LogP contribution >= 0.6 is 11.3 Å². The number of nitrogens with zero attached hydrogens (tertiary/aromatic N) is 3. The van der Waals surface area contributed by atoms with Crippen LogP contribution in [0.25, 0.3) is 0 Å². The van der Waals surface area contributed by atoms with E-state index in [4.69, 9.17) is 5.26 Å². The Morgan fingerprint density at radius 1 is 1.56 bits per heavy atom. The summed E-state index contributed by atoms with van der Waals surface area (Å²) in [6, 6.07) is 6.42. The summed E-state index contributed by atoms with van der Waals surface area (Å²) in [5.74, 6) is 0. The van der Waals surface area contributed by atoms with Crippen molar-refractivity contribution < 1.29 is 4.92 Å². The van der Waals surface area contributed by atoms with Crippen molar-refractivity contribution in [1.29, 1.82) is 5.26 Å². The number of benzene rings is 1. The van der Waals surface area contributed by atoms with E-state index in [0.717, 1.165) is 5.69 Å².